The van der Waals surface area contributed by atoms with E-state index in [1.54, 1.807) is 20.0 Å². The zero-order valence-corrected chi connectivity index (χ0v) is 23.8. The van der Waals surface area contributed by atoms with Crippen LogP contribution in [0.25, 0.3) is 11.1 Å². The van der Waals surface area contributed by atoms with Crippen molar-refractivity contribution in [2.24, 2.45) is 0 Å². The first kappa shape index (κ1) is 29.1. The highest BCUT2D eigenvalue weighted by atomic mass is 16.6. The number of hydrogen-bond acceptors (Lipinski definition) is 5. The van der Waals surface area contributed by atoms with Crippen molar-refractivity contribution in [2.75, 3.05) is 0 Å². The number of carboxylic acid groups (broad SMARTS) is 1. The van der Waals surface area contributed by atoms with E-state index in [9.17, 15) is 14.7 Å². The summed E-state index contributed by atoms with van der Waals surface area (Å²) in [5, 5.41) is 13.2. The third-order valence-electron chi connectivity index (χ3n) is 6.94. The Morgan fingerprint density at radius 3 is 2.33 bits per heavy atom. The van der Waals surface area contributed by atoms with Crippen LogP contribution in [-0.4, -0.2) is 56.7 Å². The lowest BCUT2D eigenvalue weighted by molar-refractivity contribution is -0.0695. The molecule has 2 N–H and O–H groups in total. The summed E-state index contributed by atoms with van der Waals surface area (Å²) in [6.45, 7) is 9.01. The predicted octanol–water partition coefficient (Wildman–Crippen LogP) is 6.30. The molecule has 1 aliphatic heterocycles. The van der Waals surface area contributed by atoms with Gasteiger partial charge in [0.2, 0.25) is 0 Å². The van der Waals surface area contributed by atoms with Crippen LogP contribution in [0.1, 0.15) is 52.2 Å². The van der Waals surface area contributed by atoms with Crippen molar-refractivity contribution in [3.63, 3.8) is 0 Å². The number of amides is 2. The minimum Gasteiger partial charge on any atom is -0.465 e. The average molecular weight is 546 g/mol. The maximum absolute atomic E-state index is 12.8. The second-order valence-electron chi connectivity index (χ2n) is 11.7. The van der Waals surface area contributed by atoms with Gasteiger partial charge in [-0.3, -0.25) is 9.88 Å². The zero-order chi connectivity index (χ0) is 28.9. The molecule has 8 nitrogen and oxygen atoms in total. The molecule has 0 radical (unpaired) electrons. The number of ether oxygens (including phenoxy) is 2. The number of hydrogen-bond donors (Lipinski definition) is 2. The summed E-state index contributed by atoms with van der Waals surface area (Å²) < 4.78 is 11.9. The molecule has 0 unspecified atom stereocenters. The van der Waals surface area contributed by atoms with E-state index in [1.807, 2.05) is 93.7 Å². The number of nitrogens with one attached hydrogen (secondary N) is 1. The van der Waals surface area contributed by atoms with Crippen LogP contribution in [0.3, 0.4) is 0 Å². The minimum atomic E-state index is -1.04. The fourth-order valence-corrected chi connectivity index (χ4v) is 5.33. The summed E-state index contributed by atoms with van der Waals surface area (Å²) in [7, 11) is 0. The Kier molecular flexibility index (Phi) is 8.79. The Morgan fingerprint density at radius 1 is 1.02 bits per heavy atom. The molecule has 3 atom stereocenters. The molecular formula is C32H39N3O5. The van der Waals surface area contributed by atoms with E-state index in [-0.39, 0.29) is 6.04 Å². The lowest BCUT2D eigenvalue weighted by Crippen LogP contribution is -2.49. The van der Waals surface area contributed by atoms with E-state index in [2.05, 4.69) is 10.3 Å². The second kappa shape index (κ2) is 12.1. The summed E-state index contributed by atoms with van der Waals surface area (Å²) in [6, 6.07) is 21.1. The van der Waals surface area contributed by atoms with Gasteiger partial charge in [-0.2, -0.15) is 0 Å². The Morgan fingerprint density at radius 2 is 1.73 bits per heavy atom. The van der Waals surface area contributed by atoms with Crippen LogP contribution in [-0.2, 0) is 22.3 Å². The molecule has 40 heavy (non-hydrogen) atoms. The number of nitrogens with zero attached hydrogens (tertiary/aromatic N) is 2. The zero-order valence-electron chi connectivity index (χ0n) is 23.8. The smallest absolute Gasteiger partial charge is 0.409 e. The highest BCUT2D eigenvalue weighted by Gasteiger charge is 2.50. The maximum atomic E-state index is 12.8. The van der Waals surface area contributed by atoms with Gasteiger partial charge in [-0.1, -0.05) is 60.7 Å². The van der Waals surface area contributed by atoms with Gasteiger partial charge in [-0.05, 0) is 82.2 Å². The fraction of sp³-hybridized carbons (Fsp3) is 0.406. The van der Waals surface area contributed by atoms with Gasteiger partial charge in [0.1, 0.15) is 11.3 Å². The topological polar surface area (TPSA) is 101 Å². The van der Waals surface area contributed by atoms with Crippen LogP contribution in [0.2, 0.25) is 0 Å². The molecule has 0 spiro atoms. The molecule has 1 saturated heterocycles. The van der Waals surface area contributed by atoms with Gasteiger partial charge in [0.25, 0.3) is 0 Å². The van der Waals surface area contributed by atoms with Gasteiger partial charge in [0.05, 0.1) is 12.1 Å². The lowest BCUT2D eigenvalue weighted by atomic mass is 9.93. The molecule has 2 amide bonds. The van der Waals surface area contributed by atoms with Crippen molar-refractivity contribution >= 4 is 12.2 Å². The van der Waals surface area contributed by atoms with E-state index in [1.165, 1.54) is 4.90 Å². The normalized spacial score (nSPS) is 19.2. The molecule has 4 rings (SSSR count). The summed E-state index contributed by atoms with van der Waals surface area (Å²) in [5.74, 6) is 0. The molecule has 1 aliphatic rings. The SMILES string of the molecule is CC(C)(C)OC(=O)N[C@H](Cc1ccccc1)C[C@@H]1OC(C)(C)N(C(=O)O)[C@H]1Cc1ccc(-c2cccnc2)cc1. The highest BCUT2D eigenvalue weighted by molar-refractivity contribution is 5.68. The quantitative estimate of drug-likeness (QED) is 0.344. The molecule has 2 aromatic carbocycles. The number of carbonyl (C=O) groups is 2. The summed E-state index contributed by atoms with van der Waals surface area (Å²) in [5.41, 5.74) is 2.43. The molecule has 2 heterocycles. The van der Waals surface area contributed by atoms with Crippen LogP contribution in [0.15, 0.2) is 79.1 Å². The van der Waals surface area contributed by atoms with E-state index in [4.69, 9.17) is 9.47 Å². The standard InChI is InChI=1S/C32H39N3O5/c1-31(2,3)40-29(36)34-26(18-22-10-7-6-8-11-22)20-28-27(35(30(37)38)32(4,5)39-28)19-23-13-15-24(16-14-23)25-12-9-17-33-21-25/h6-17,21,26-28H,18-20H2,1-5H3,(H,34,36)(H,37,38)/t26-,27+,28+/m1/s1. The van der Waals surface area contributed by atoms with Crippen molar-refractivity contribution in [1.29, 1.82) is 0 Å². The van der Waals surface area contributed by atoms with Crippen LogP contribution in [0, 0.1) is 0 Å². The average Bonchev–Trinajstić information content (AvgIpc) is 3.13. The van der Waals surface area contributed by atoms with Gasteiger partial charge in [0.15, 0.2) is 0 Å². The van der Waals surface area contributed by atoms with Gasteiger partial charge in [-0.25, -0.2) is 9.59 Å². The van der Waals surface area contributed by atoms with Crippen molar-refractivity contribution in [2.45, 2.75) is 83.4 Å². The van der Waals surface area contributed by atoms with E-state index >= 15 is 0 Å². The Hall–Kier alpha value is -3.91. The van der Waals surface area contributed by atoms with Crippen molar-refractivity contribution < 1.29 is 24.2 Å². The third-order valence-corrected chi connectivity index (χ3v) is 6.94. The van der Waals surface area contributed by atoms with Gasteiger partial charge in [0, 0.05) is 18.4 Å². The predicted molar refractivity (Wildman–Crippen MR) is 154 cm³/mol. The first-order chi connectivity index (χ1) is 18.9. The largest absolute Gasteiger partial charge is 0.465 e. The summed E-state index contributed by atoms with van der Waals surface area (Å²) >= 11 is 0. The van der Waals surface area contributed by atoms with E-state index in [0.717, 1.165) is 22.3 Å². The lowest BCUT2D eigenvalue weighted by Gasteiger charge is -2.31. The first-order valence-electron chi connectivity index (χ1n) is 13.6. The van der Waals surface area contributed by atoms with Gasteiger partial charge >= 0.3 is 12.2 Å². The van der Waals surface area contributed by atoms with Crippen LogP contribution < -0.4 is 5.32 Å². The van der Waals surface area contributed by atoms with Crippen molar-refractivity contribution in [1.82, 2.24) is 15.2 Å². The number of alkyl carbamates (subject to hydrolysis) is 1. The highest BCUT2D eigenvalue weighted by Crippen LogP contribution is 2.36. The van der Waals surface area contributed by atoms with Crippen LogP contribution in [0.5, 0.6) is 0 Å². The molecule has 0 aliphatic carbocycles. The number of benzene rings is 2. The molecule has 0 bridgehead atoms. The number of rotatable bonds is 8. The monoisotopic (exact) mass is 545 g/mol. The summed E-state index contributed by atoms with van der Waals surface area (Å²) in [6.07, 6.45) is 3.00. The number of carbonyl (C=O) groups excluding carboxylic acids is 1. The molecule has 8 heteroatoms. The molecule has 1 fully saturated rings. The molecule has 0 saturated carbocycles. The molecule has 212 valence electrons. The van der Waals surface area contributed by atoms with Gasteiger partial charge in [-0.15, -0.1) is 0 Å². The maximum Gasteiger partial charge on any atom is 0.409 e. The second-order valence-corrected chi connectivity index (χ2v) is 11.7. The number of pyridine rings is 1. The molecule has 3 aromatic rings. The van der Waals surface area contributed by atoms with Crippen LogP contribution >= 0.6 is 0 Å². The number of aromatic nitrogens is 1. The van der Waals surface area contributed by atoms with Crippen LogP contribution in [0.4, 0.5) is 9.59 Å². The Labute approximate surface area is 236 Å². The van der Waals surface area contributed by atoms with E-state index < -0.39 is 35.7 Å². The molecule has 1 aromatic heterocycles. The summed E-state index contributed by atoms with van der Waals surface area (Å²) in [4.78, 5) is 30.8. The third kappa shape index (κ3) is 7.60. The van der Waals surface area contributed by atoms with E-state index in [0.29, 0.717) is 19.3 Å². The first-order valence-corrected chi connectivity index (χ1v) is 13.6. The minimum absolute atomic E-state index is 0.331. The van der Waals surface area contributed by atoms with Gasteiger partial charge < -0.3 is 19.9 Å². The van der Waals surface area contributed by atoms with Crippen molar-refractivity contribution in [3.8, 4) is 11.1 Å². The van der Waals surface area contributed by atoms with Crippen molar-refractivity contribution in [3.05, 3.63) is 90.3 Å². The Bertz CT molecular complexity index is 1270. The Balaban J connectivity index is 1.58. The fourth-order valence-electron chi connectivity index (χ4n) is 5.33. The molecular weight excluding hydrogens is 506 g/mol.